The SMILES string of the molecule is CNC1CC(C)NC(NC2CC3CCOC3C(C3=CC(C)N(C)CCC3)C2F)N1. The van der Waals surface area contributed by atoms with E-state index in [1.165, 1.54) is 5.57 Å². The van der Waals surface area contributed by atoms with Gasteiger partial charge in [0.1, 0.15) is 12.5 Å². The van der Waals surface area contributed by atoms with Crippen LogP contribution in [0.25, 0.3) is 0 Å². The van der Waals surface area contributed by atoms with Crippen LogP contribution < -0.4 is 21.3 Å². The van der Waals surface area contributed by atoms with Crippen molar-refractivity contribution < 1.29 is 9.13 Å². The van der Waals surface area contributed by atoms with Crippen molar-refractivity contribution in [3.8, 4) is 0 Å². The lowest BCUT2D eigenvalue weighted by atomic mass is 9.70. The summed E-state index contributed by atoms with van der Waals surface area (Å²) in [5.74, 6) is 0.326. The fourth-order valence-electron chi connectivity index (χ4n) is 5.84. The van der Waals surface area contributed by atoms with Crippen LogP contribution >= 0.6 is 0 Å². The molecule has 0 amide bonds. The quantitative estimate of drug-likeness (QED) is 0.529. The van der Waals surface area contributed by atoms with Crippen LogP contribution in [-0.2, 0) is 4.74 Å². The molecule has 0 radical (unpaired) electrons. The highest BCUT2D eigenvalue weighted by Crippen LogP contribution is 2.44. The number of hydrogen-bond donors (Lipinski definition) is 4. The Kier molecular flexibility index (Phi) is 6.93. The largest absolute Gasteiger partial charge is 0.377 e. The van der Waals surface area contributed by atoms with Gasteiger partial charge in [-0.1, -0.05) is 11.6 Å². The maximum absolute atomic E-state index is 16.1. The third-order valence-electron chi connectivity index (χ3n) is 7.59. The molecule has 4 aliphatic rings. The molecule has 3 aliphatic heterocycles. The first-order chi connectivity index (χ1) is 14.0. The number of hydrogen-bond acceptors (Lipinski definition) is 6. The Labute approximate surface area is 175 Å². The summed E-state index contributed by atoms with van der Waals surface area (Å²) in [6, 6.07) is 0.576. The van der Waals surface area contributed by atoms with Crippen LogP contribution in [0.5, 0.6) is 0 Å². The summed E-state index contributed by atoms with van der Waals surface area (Å²) in [7, 11) is 4.13. The van der Waals surface area contributed by atoms with Gasteiger partial charge in [0.15, 0.2) is 0 Å². The summed E-state index contributed by atoms with van der Waals surface area (Å²) in [4.78, 5) is 2.36. The molecule has 2 saturated heterocycles. The Balaban J connectivity index is 1.52. The fourth-order valence-corrected chi connectivity index (χ4v) is 5.84. The molecule has 9 unspecified atom stereocenters. The lowest BCUT2D eigenvalue weighted by molar-refractivity contribution is -0.0262. The van der Waals surface area contributed by atoms with Gasteiger partial charge in [-0.3, -0.25) is 16.0 Å². The van der Waals surface area contributed by atoms with Gasteiger partial charge in [-0.25, -0.2) is 4.39 Å². The molecule has 3 fully saturated rings. The lowest BCUT2D eigenvalue weighted by Gasteiger charge is -2.45. The molecule has 3 heterocycles. The van der Waals surface area contributed by atoms with Crippen LogP contribution in [0.4, 0.5) is 4.39 Å². The Morgan fingerprint density at radius 1 is 1.24 bits per heavy atom. The summed E-state index contributed by atoms with van der Waals surface area (Å²) >= 11 is 0. The smallest absolute Gasteiger partial charge is 0.124 e. The van der Waals surface area contributed by atoms with Gasteiger partial charge in [-0.15, -0.1) is 0 Å². The predicted octanol–water partition coefficient (Wildman–Crippen LogP) is 1.55. The third kappa shape index (κ3) is 4.70. The van der Waals surface area contributed by atoms with Crippen molar-refractivity contribution in [2.45, 2.75) is 88.8 Å². The number of fused-ring (bicyclic) bond motifs is 1. The van der Waals surface area contributed by atoms with Crippen LogP contribution in [0.3, 0.4) is 0 Å². The molecule has 0 bridgehead atoms. The first kappa shape index (κ1) is 21.7. The zero-order valence-electron chi connectivity index (χ0n) is 18.5. The molecule has 9 atom stereocenters. The van der Waals surface area contributed by atoms with E-state index >= 15 is 4.39 Å². The number of ether oxygens (including phenoxy) is 1. The Morgan fingerprint density at radius 2 is 2.07 bits per heavy atom. The minimum atomic E-state index is -0.926. The topological polar surface area (TPSA) is 60.6 Å². The number of nitrogens with one attached hydrogen (secondary N) is 4. The van der Waals surface area contributed by atoms with Gasteiger partial charge in [0.25, 0.3) is 0 Å². The zero-order chi connectivity index (χ0) is 20.5. The highest BCUT2D eigenvalue weighted by atomic mass is 19.1. The summed E-state index contributed by atoms with van der Waals surface area (Å²) < 4.78 is 22.2. The van der Waals surface area contributed by atoms with Crippen molar-refractivity contribution in [3.05, 3.63) is 11.6 Å². The molecule has 0 aromatic carbocycles. The molecular formula is C22H40FN5O. The molecule has 1 aliphatic carbocycles. The van der Waals surface area contributed by atoms with Gasteiger partial charge in [0.2, 0.25) is 0 Å². The normalized spacial score (nSPS) is 46.8. The highest BCUT2D eigenvalue weighted by Gasteiger charge is 2.50. The van der Waals surface area contributed by atoms with Gasteiger partial charge in [-0.05, 0) is 72.5 Å². The van der Waals surface area contributed by atoms with E-state index in [-0.39, 0.29) is 30.5 Å². The predicted molar refractivity (Wildman–Crippen MR) is 114 cm³/mol. The monoisotopic (exact) mass is 409 g/mol. The molecular weight excluding hydrogens is 369 g/mol. The molecule has 1 saturated carbocycles. The van der Waals surface area contributed by atoms with Crippen LogP contribution in [0.1, 0.15) is 46.0 Å². The average Bonchev–Trinajstić information content (AvgIpc) is 3.08. The summed E-state index contributed by atoms with van der Waals surface area (Å²) in [6.07, 6.45) is 6.60. The number of alkyl halides is 1. The van der Waals surface area contributed by atoms with Crippen LogP contribution in [0.15, 0.2) is 11.6 Å². The van der Waals surface area contributed by atoms with Gasteiger partial charge >= 0.3 is 0 Å². The van der Waals surface area contributed by atoms with E-state index in [1.54, 1.807) is 0 Å². The molecule has 0 spiro atoms. The van der Waals surface area contributed by atoms with Gasteiger partial charge in [0, 0.05) is 30.7 Å². The Bertz CT molecular complexity index is 590. The number of halogens is 1. The second-order valence-corrected chi connectivity index (χ2v) is 9.67. The van der Waals surface area contributed by atoms with Crippen molar-refractivity contribution in [2.75, 3.05) is 27.2 Å². The first-order valence-electron chi connectivity index (χ1n) is 11.6. The van der Waals surface area contributed by atoms with Crippen molar-refractivity contribution in [1.82, 2.24) is 26.2 Å². The van der Waals surface area contributed by atoms with E-state index in [2.05, 4.69) is 53.1 Å². The van der Waals surface area contributed by atoms with E-state index in [1.807, 2.05) is 7.05 Å². The van der Waals surface area contributed by atoms with Gasteiger partial charge < -0.3 is 15.0 Å². The second kappa shape index (κ2) is 9.28. The number of nitrogens with zero attached hydrogens (tertiary/aromatic N) is 1. The maximum atomic E-state index is 16.1. The number of rotatable bonds is 4. The Hall–Kier alpha value is -0.570. The van der Waals surface area contributed by atoms with E-state index in [9.17, 15) is 0 Å². The molecule has 7 heteroatoms. The standard InChI is InChI=1S/C22H40FN5O/c1-13-10-18(24-3)27-22(25-13)26-17-12-16-7-9-29-21(16)19(20(17)23)15-6-5-8-28(4)14(2)11-15/h11,13-14,16-22,24-27H,5-10,12H2,1-4H3. The second-order valence-electron chi connectivity index (χ2n) is 9.67. The lowest BCUT2D eigenvalue weighted by Crippen LogP contribution is -2.69. The Morgan fingerprint density at radius 3 is 2.86 bits per heavy atom. The minimum Gasteiger partial charge on any atom is -0.377 e. The molecule has 4 rings (SSSR count). The van der Waals surface area contributed by atoms with Crippen LogP contribution in [-0.4, -0.2) is 75.0 Å². The first-order valence-corrected chi connectivity index (χ1v) is 11.6. The molecule has 29 heavy (non-hydrogen) atoms. The zero-order valence-corrected chi connectivity index (χ0v) is 18.5. The molecule has 6 nitrogen and oxygen atoms in total. The van der Waals surface area contributed by atoms with E-state index in [4.69, 9.17) is 4.74 Å². The fraction of sp³-hybridized carbons (Fsp3) is 0.909. The van der Waals surface area contributed by atoms with Crippen LogP contribution in [0.2, 0.25) is 0 Å². The summed E-state index contributed by atoms with van der Waals surface area (Å²) in [5, 5.41) is 14.0. The highest BCUT2D eigenvalue weighted by molar-refractivity contribution is 5.20. The van der Waals surface area contributed by atoms with Crippen molar-refractivity contribution in [2.24, 2.45) is 11.8 Å². The van der Waals surface area contributed by atoms with Gasteiger partial charge in [0.05, 0.1) is 12.3 Å². The van der Waals surface area contributed by atoms with E-state index in [0.717, 1.165) is 45.3 Å². The van der Waals surface area contributed by atoms with Crippen LogP contribution in [0, 0.1) is 11.8 Å². The summed E-state index contributed by atoms with van der Waals surface area (Å²) in [5.41, 5.74) is 1.28. The number of likely N-dealkylation sites (N-methyl/N-ethyl adjacent to an activating group) is 1. The van der Waals surface area contributed by atoms with Crippen molar-refractivity contribution in [3.63, 3.8) is 0 Å². The van der Waals surface area contributed by atoms with E-state index < -0.39 is 6.17 Å². The molecule has 166 valence electrons. The minimum absolute atomic E-state index is 0.0427. The average molecular weight is 410 g/mol. The van der Waals surface area contributed by atoms with Gasteiger partial charge in [-0.2, -0.15) is 0 Å². The van der Waals surface area contributed by atoms with Crippen molar-refractivity contribution in [1.29, 1.82) is 0 Å². The molecule has 4 N–H and O–H groups in total. The van der Waals surface area contributed by atoms with E-state index in [0.29, 0.717) is 18.0 Å². The van der Waals surface area contributed by atoms with Crippen molar-refractivity contribution >= 4 is 0 Å². The molecule has 0 aromatic heterocycles. The molecule has 0 aromatic rings. The third-order valence-corrected chi connectivity index (χ3v) is 7.59. The maximum Gasteiger partial charge on any atom is 0.124 e. The summed E-state index contributed by atoms with van der Waals surface area (Å²) in [6.45, 7) is 6.25.